The van der Waals surface area contributed by atoms with E-state index < -0.39 is 11.9 Å². The fourth-order valence-corrected chi connectivity index (χ4v) is 4.37. The van der Waals surface area contributed by atoms with Gasteiger partial charge in [-0.15, -0.1) is 11.3 Å². The van der Waals surface area contributed by atoms with Crippen LogP contribution < -0.4 is 0 Å². The number of imidazole rings is 1. The van der Waals surface area contributed by atoms with E-state index in [1.54, 1.807) is 6.20 Å². The molecule has 0 saturated heterocycles. The molecule has 2 heterocycles. The fourth-order valence-electron chi connectivity index (χ4n) is 3.65. The Morgan fingerprint density at radius 3 is 2.88 bits per heavy atom. The summed E-state index contributed by atoms with van der Waals surface area (Å²) >= 11 is 1.50. The average Bonchev–Trinajstić information content (AvgIpc) is 3.14. The molecule has 0 N–H and O–H groups in total. The first kappa shape index (κ1) is 18.9. The van der Waals surface area contributed by atoms with Crippen LogP contribution in [0.15, 0.2) is 17.8 Å². The lowest BCUT2D eigenvalue weighted by molar-refractivity contribution is -0.166. The predicted octanol–water partition coefficient (Wildman–Crippen LogP) is 3.49. The highest BCUT2D eigenvalue weighted by atomic mass is 32.1. The molecule has 2 aromatic rings. The molecule has 0 spiro atoms. The number of ether oxygens (including phenoxy) is 2. The highest BCUT2D eigenvalue weighted by Crippen LogP contribution is 2.35. The lowest BCUT2D eigenvalue weighted by atomic mass is 9.75. The topological polar surface area (TPSA) is 69.9 Å². The smallest absolute Gasteiger partial charge is 0.344 e. The molecule has 0 aromatic carbocycles. The summed E-state index contributed by atoms with van der Waals surface area (Å²) in [6.45, 7) is 6.18. The van der Waals surface area contributed by atoms with Crippen molar-refractivity contribution in [3.63, 3.8) is 0 Å². The number of hydrogen-bond donors (Lipinski definition) is 0. The molecule has 3 rings (SSSR count). The third-order valence-electron chi connectivity index (χ3n) is 5.06. The van der Waals surface area contributed by atoms with Gasteiger partial charge in [0.25, 0.3) is 0 Å². The molecule has 1 saturated carbocycles. The Morgan fingerprint density at radius 1 is 1.35 bits per heavy atom. The Balaban J connectivity index is 1.46. The van der Waals surface area contributed by atoms with Crippen molar-refractivity contribution in [1.82, 2.24) is 9.38 Å². The molecule has 0 amide bonds. The minimum absolute atomic E-state index is 0.0523. The van der Waals surface area contributed by atoms with Crippen LogP contribution in [0.3, 0.4) is 0 Å². The first-order valence-electron chi connectivity index (χ1n) is 9.18. The Kier molecular flexibility index (Phi) is 5.96. The van der Waals surface area contributed by atoms with Crippen molar-refractivity contribution in [2.45, 2.75) is 52.6 Å². The summed E-state index contributed by atoms with van der Waals surface area (Å²) in [4.78, 5) is 29.2. The van der Waals surface area contributed by atoms with Gasteiger partial charge in [0, 0.05) is 17.8 Å². The monoisotopic (exact) mass is 378 g/mol. The van der Waals surface area contributed by atoms with Crippen LogP contribution in [-0.4, -0.2) is 34.0 Å². The molecule has 2 aromatic heterocycles. The van der Waals surface area contributed by atoms with Gasteiger partial charge in [0.05, 0.1) is 12.1 Å². The highest BCUT2D eigenvalue weighted by Gasteiger charge is 2.33. The quantitative estimate of drug-likeness (QED) is 0.720. The second-order valence-electron chi connectivity index (χ2n) is 7.52. The molecule has 7 heteroatoms. The van der Waals surface area contributed by atoms with E-state index in [1.807, 2.05) is 16.0 Å². The average molecular weight is 378 g/mol. The van der Waals surface area contributed by atoms with E-state index in [-0.39, 0.29) is 19.1 Å². The summed E-state index contributed by atoms with van der Waals surface area (Å²) < 4.78 is 12.6. The van der Waals surface area contributed by atoms with Crippen molar-refractivity contribution in [3.05, 3.63) is 23.5 Å². The number of carbonyl (C=O) groups is 2. The number of fused-ring (bicyclic) bond motifs is 1. The molecule has 0 bridgehead atoms. The number of carbonyl (C=O) groups excluding carboxylic acids is 2. The number of aromatic nitrogens is 2. The van der Waals surface area contributed by atoms with E-state index in [4.69, 9.17) is 9.47 Å². The van der Waals surface area contributed by atoms with Gasteiger partial charge in [0.2, 0.25) is 0 Å². The van der Waals surface area contributed by atoms with Gasteiger partial charge in [0.1, 0.15) is 6.10 Å². The van der Waals surface area contributed by atoms with Crippen LogP contribution in [0.4, 0.5) is 0 Å². The van der Waals surface area contributed by atoms with Crippen LogP contribution >= 0.6 is 11.3 Å². The van der Waals surface area contributed by atoms with Crippen molar-refractivity contribution in [3.8, 4) is 0 Å². The van der Waals surface area contributed by atoms with Gasteiger partial charge < -0.3 is 9.47 Å². The third kappa shape index (κ3) is 4.63. The second kappa shape index (κ2) is 8.20. The van der Waals surface area contributed by atoms with E-state index in [2.05, 4.69) is 25.8 Å². The largest absolute Gasteiger partial charge is 0.460 e. The molecule has 1 fully saturated rings. The minimum atomic E-state index is -0.467. The van der Waals surface area contributed by atoms with Crippen LogP contribution in [0.1, 0.15) is 45.7 Å². The number of hydrogen-bond acceptors (Lipinski definition) is 6. The van der Waals surface area contributed by atoms with Crippen LogP contribution in [-0.2, 0) is 25.5 Å². The maximum atomic E-state index is 12.1. The van der Waals surface area contributed by atoms with Crippen molar-refractivity contribution in [2.24, 2.45) is 17.8 Å². The van der Waals surface area contributed by atoms with E-state index in [0.29, 0.717) is 23.4 Å². The summed E-state index contributed by atoms with van der Waals surface area (Å²) in [5, 5.41) is 1.93. The lowest BCUT2D eigenvalue weighted by Crippen LogP contribution is -2.36. The molecule has 6 nitrogen and oxygen atoms in total. The van der Waals surface area contributed by atoms with E-state index in [1.165, 1.54) is 17.8 Å². The van der Waals surface area contributed by atoms with Crippen LogP contribution in [0.25, 0.3) is 4.96 Å². The van der Waals surface area contributed by atoms with E-state index in [9.17, 15) is 9.59 Å². The van der Waals surface area contributed by atoms with Crippen molar-refractivity contribution in [2.75, 3.05) is 6.61 Å². The number of rotatable bonds is 6. The number of nitrogens with zero attached hydrogens (tertiary/aromatic N) is 2. The molecule has 3 atom stereocenters. The van der Waals surface area contributed by atoms with Gasteiger partial charge in [-0.3, -0.25) is 9.20 Å². The molecular formula is C19H26N2O4S. The van der Waals surface area contributed by atoms with Crippen molar-refractivity contribution in [1.29, 1.82) is 0 Å². The molecule has 1 aliphatic carbocycles. The molecular weight excluding hydrogens is 352 g/mol. The minimum Gasteiger partial charge on any atom is -0.460 e. The summed E-state index contributed by atoms with van der Waals surface area (Å²) in [5.41, 5.74) is 0.635. The van der Waals surface area contributed by atoms with Gasteiger partial charge in [-0.2, -0.15) is 0 Å². The number of thiazole rings is 1. The zero-order valence-electron chi connectivity index (χ0n) is 15.5. The molecule has 0 radical (unpaired) electrons. The number of esters is 2. The summed E-state index contributed by atoms with van der Waals surface area (Å²) in [7, 11) is 0. The standard InChI is InChI=1S/C19H26N2O4S/c1-12(2)15-5-4-13(3)8-16(15)25-18(23)11-24-17(22)9-14-10-21-6-7-26-19(21)20-14/h6-7,10,12-13,15-16H,4-5,8-9,11H2,1-3H3. The maximum absolute atomic E-state index is 12.1. The molecule has 26 heavy (non-hydrogen) atoms. The Labute approximate surface area is 157 Å². The van der Waals surface area contributed by atoms with Gasteiger partial charge >= 0.3 is 11.9 Å². The zero-order valence-corrected chi connectivity index (χ0v) is 16.3. The second-order valence-corrected chi connectivity index (χ2v) is 8.39. The predicted molar refractivity (Wildman–Crippen MR) is 99.0 cm³/mol. The zero-order chi connectivity index (χ0) is 18.7. The van der Waals surface area contributed by atoms with Gasteiger partial charge in [-0.05, 0) is 30.6 Å². The van der Waals surface area contributed by atoms with Crippen LogP contribution in [0, 0.1) is 17.8 Å². The van der Waals surface area contributed by atoms with E-state index in [0.717, 1.165) is 17.8 Å². The Bertz CT molecular complexity index is 738. The highest BCUT2D eigenvalue weighted by molar-refractivity contribution is 7.15. The molecule has 0 aliphatic heterocycles. The van der Waals surface area contributed by atoms with Crippen molar-refractivity contribution >= 4 is 28.2 Å². The van der Waals surface area contributed by atoms with Gasteiger partial charge in [0.15, 0.2) is 11.6 Å². The molecule has 1 aliphatic rings. The van der Waals surface area contributed by atoms with Gasteiger partial charge in [-0.25, -0.2) is 9.78 Å². The fraction of sp³-hybridized carbons (Fsp3) is 0.632. The summed E-state index contributed by atoms with van der Waals surface area (Å²) in [6.07, 6.45) is 6.79. The van der Waals surface area contributed by atoms with Crippen LogP contribution in [0.2, 0.25) is 0 Å². The molecule has 142 valence electrons. The lowest BCUT2D eigenvalue weighted by Gasteiger charge is -2.36. The Hall–Kier alpha value is -1.89. The third-order valence-corrected chi connectivity index (χ3v) is 5.83. The van der Waals surface area contributed by atoms with Crippen LogP contribution in [0.5, 0.6) is 0 Å². The maximum Gasteiger partial charge on any atom is 0.344 e. The summed E-state index contributed by atoms with van der Waals surface area (Å²) in [5.74, 6) is 0.473. The molecule has 3 unspecified atom stereocenters. The van der Waals surface area contributed by atoms with Gasteiger partial charge in [-0.1, -0.05) is 27.2 Å². The first-order chi connectivity index (χ1) is 12.4. The Morgan fingerprint density at radius 2 is 2.15 bits per heavy atom. The van der Waals surface area contributed by atoms with Crippen molar-refractivity contribution < 1.29 is 19.1 Å². The summed E-state index contributed by atoms with van der Waals surface area (Å²) in [6, 6.07) is 0. The normalized spacial score (nSPS) is 23.3. The SMILES string of the molecule is CC1CCC(C(C)C)C(OC(=O)COC(=O)Cc2cn3ccsc3n2)C1. The van der Waals surface area contributed by atoms with E-state index >= 15 is 0 Å². The first-order valence-corrected chi connectivity index (χ1v) is 10.1.